The van der Waals surface area contributed by atoms with E-state index in [1.54, 1.807) is 24.5 Å². The highest BCUT2D eigenvalue weighted by Gasteiger charge is 2.10. The summed E-state index contributed by atoms with van der Waals surface area (Å²) in [4.78, 5) is 11.0. The van der Waals surface area contributed by atoms with Crippen molar-refractivity contribution in [3.8, 4) is 16.8 Å². The van der Waals surface area contributed by atoms with Crippen LogP contribution in [0.25, 0.3) is 16.8 Å². The fourth-order valence-corrected chi connectivity index (χ4v) is 2.08. The van der Waals surface area contributed by atoms with E-state index in [2.05, 4.69) is 5.10 Å². The second-order valence-electron chi connectivity index (χ2n) is 4.33. The number of carbonyl (C=O) groups excluding carboxylic acids is 1. The van der Waals surface area contributed by atoms with Crippen molar-refractivity contribution in [2.45, 2.75) is 0 Å². The highest BCUT2D eigenvalue weighted by atomic mass is 19.1. The zero-order chi connectivity index (χ0) is 13.9. The predicted octanol–water partition coefficient (Wildman–Crippen LogP) is 3.49. The molecule has 0 amide bonds. The Bertz CT molecular complexity index is 750. The van der Waals surface area contributed by atoms with Crippen LogP contribution in [0.5, 0.6) is 0 Å². The highest BCUT2D eigenvalue weighted by Crippen LogP contribution is 2.21. The lowest BCUT2D eigenvalue weighted by atomic mass is 10.1. The first kappa shape index (κ1) is 12.3. The van der Waals surface area contributed by atoms with Crippen LogP contribution in [-0.2, 0) is 0 Å². The molecule has 0 unspecified atom stereocenters. The molecule has 0 atom stereocenters. The topological polar surface area (TPSA) is 34.9 Å². The monoisotopic (exact) mass is 266 g/mol. The fraction of sp³-hybridized carbons (Fsp3) is 0. The Morgan fingerprint density at radius 2 is 1.80 bits per heavy atom. The number of carbonyl (C=O) groups is 1. The van der Waals surface area contributed by atoms with Crippen molar-refractivity contribution >= 4 is 6.29 Å². The molecule has 0 saturated carbocycles. The molecule has 20 heavy (non-hydrogen) atoms. The summed E-state index contributed by atoms with van der Waals surface area (Å²) in [5, 5.41) is 4.20. The van der Waals surface area contributed by atoms with Crippen LogP contribution in [0.4, 0.5) is 4.39 Å². The summed E-state index contributed by atoms with van der Waals surface area (Å²) >= 11 is 0. The molecule has 0 aliphatic heterocycles. The van der Waals surface area contributed by atoms with Gasteiger partial charge < -0.3 is 0 Å². The summed E-state index contributed by atoms with van der Waals surface area (Å²) in [5.74, 6) is -0.547. The van der Waals surface area contributed by atoms with Gasteiger partial charge in [-0.05, 0) is 17.7 Å². The summed E-state index contributed by atoms with van der Waals surface area (Å²) < 4.78 is 15.1. The smallest absolute Gasteiger partial charge is 0.155 e. The molecule has 0 fully saturated rings. The van der Waals surface area contributed by atoms with Crippen LogP contribution in [0.3, 0.4) is 0 Å². The van der Waals surface area contributed by atoms with Gasteiger partial charge >= 0.3 is 0 Å². The van der Waals surface area contributed by atoms with E-state index < -0.39 is 5.82 Å². The fourth-order valence-electron chi connectivity index (χ4n) is 2.08. The Labute approximate surface area is 115 Å². The molecule has 0 radical (unpaired) electrons. The first-order chi connectivity index (χ1) is 9.79. The zero-order valence-corrected chi connectivity index (χ0v) is 10.5. The molecule has 2 aromatic carbocycles. The second kappa shape index (κ2) is 5.09. The van der Waals surface area contributed by atoms with Crippen LogP contribution in [0.15, 0.2) is 60.9 Å². The Kier molecular flexibility index (Phi) is 3.13. The van der Waals surface area contributed by atoms with Gasteiger partial charge in [-0.25, -0.2) is 9.07 Å². The van der Waals surface area contributed by atoms with Crippen molar-refractivity contribution in [3.63, 3.8) is 0 Å². The quantitative estimate of drug-likeness (QED) is 0.680. The standard InChI is InChI=1S/C16H11FN2O/c17-15-7-4-8-16(14(15)11-20)19-10-13(9-18-19)12-5-2-1-3-6-12/h1-11H. The van der Waals surface area contributed by atoms with Gasteiger partial charge in [-0.3, -0.25) is 4.79 Å². The number of aldehydes is 1. The summed E-state index contributed by atoms with van der Waals surface area (Å²) in [5.41, 5.74) is 2.37. The highest BCUT2D eigenvalue weighted by molar-refractivity contribution is 5.81. The molecule has 4 heteroatoms. The van der Waals surface area contributed by atoms with E-state index in [0.29, 0.717) is 12.0 Å². The molecule has 1 aromatic heterocycles. The number of aromatic nitrogens is 2. The molecule has 0 saturated heterocycles. The van der Waals surface area contributed by atoms with E-state index in [0.717, 1.165) is 11.1 Å². The third-order valence-corrected chi connectivity index (χ3v) is 3.08. The van der Waals surface area contributed by atoms with Gasteiger partial charge in [-0.1, -0.05) is 36.4 Å². The Balaban J connectivity index is 2.07. The predicted molar refractivity (Wildman–Crippen MR) is 74.3 cm³/mol. The second-order valence-corrected chi connectivity index (χ2v) is 4.33. The molecule has 0 aliphatic rings. The molecule has 1 heterocycles. The van der Waals surface area contributed by atoms with Gasteiger partial charge in [-0.15, -0.1) is 0 Å². The van der Waals surface area contributed by atoms with Gasteiger partial charge in [-0.2, -0.15) is 5.10 Å². The van der Waals surface area contributed by atoms with E-state index in [-0.39, 0.29) is 5.56 Å². The van der Waals surface area contributed by atoms with Crippen LogP contribution >= 0.6 is 0 Å². The molecule has 98 valence electrons. The number of nitrogens with zero attached hydrogens (tertiary/aromatic N) is 2. The van der Waals surface area contributed by atoms with Crippen LogP contribution in [0.2, 0.25) is 0 Å². The van der Waals surface area contributed by atoms with Gasteiger partial charge in [0.25, 0.3) is 0 Å². The van der Waals surface area contributed by atoms with Gasteiger partial charge in [0.15, 0.2) is 6.29 Å². The molecule has 3 nitrogen and oxygen atoms in total. The molecule has 3 aromatic rings. The molecule has 0 bridgehead atoms. The molecule has 0 aliphatic carbocycles. The van der Waals surface area contributed by atoms with Gasteiger partial charge in [0.2, 0.25) is 0 Å². The maximum atomic E-state index is 13.6. The maximum absolute atomic E-state index is 13.6. The number of hydrogen-bond acceptors (Lipinski definition) is 2. The average Bonchev–Trinajstić information content (AvgIpc) is 2.97. The van der Waals surface area contributed by atoms with Crippen LogP contribution < -0.4 is 0 Å². The van der Waals surface area contributed by atoms with Gasteiger partial charge in [0, 0.05) is 11.8 Å². The van der Waals surface area contributed by atoms with Crippen molar-refractivity contribution in [2.24, 2.45) is 0 Å². The lowest BCUT2D eigenvalue weighted by molar-refractivity contribution is 0.111. The summed E-state index contributed by atoms with van der Waals surface area (Å²) in [7, 11) is 0. The Hall–Kier alpha value is -2.75. The normalized spacial score (nSPS) is 10.4. The first-order valence-corrected chi connectivity index (χ1v) is 6.14. The van der Waals surface area contributed by atoms with E-state index in [1.165, 1.54) is 10.7 Å². The lowest BCUT2D eigenvalue weighted by Crippen LogP contribution is -2.01. The summed E-state index contributed by atoms with van der Waals surface area (Å²) in [6.07, 6.45) is 3.97. The lowest BCUT2D eigenvalue weighted by Gasteiger charge is -2.05. The number of halogens is 1. The van der Waals surface area contributed by atoms with E-state index in [1.807, 2.05) is 30.3 Å². The van der Waals surface area contributed by atoms with Crippen molar-refractivity contribution < 1.29 is 9.18 Å². The third-order valence-electron chi connectivity index (χ3n) is 3.08. The number of hydrogen-bond donors (Lipinski definition) is 0. The molecular weight excluding hydrogens is 255 g/mol. The number of benzene rings is 2. The Morgan fingerprint density at radius 3 is 2.55 bits per heavy atom. The minimum absolute atomic E-state index is 0.00946. The SMILES string of the molecule is O=Cc1c(F)cccc1-n1cc(-c2ccccc2)cn1. The van der Waals surface area contributed by atoms with E-state index in [9.17, 15) is 9.18 Å². The van der Waals surface area contributed by atoms with Crippen molar-refractivity contribution in [1.29, 1.82) is 0 Å². The first-order valence-electron chi connectivity index (χ1n) is 6.14. The van der Waals surface area contributed by atoms with Gasteiger partial charge in [0.05, 0.1) is 17.4 Å². The van der Waals surface area contributed by atoms with E-state index in [4.69, 9.17) is 0 Å². The maximum Gasteiger partial charge on any atom is 0.155 e. The summed E-state index contributed by atoms with van der Waals surface area (Å²) in [6, 6.07) is 14.2. The third kappa shape index (κ3) is 2.12. The molecular formula is C16H11FN2O. The van der Waals surface area contributed by atoms with Gasteiger partial charge in [0.1, 0.15) is 5.82 Å². The summed E-state index contributed by atoms with van der Waals surface area (Å²) in [6.45, 7) is 0. The minimum Gasteiger partial charge on any atom is -0.298 e. The van der Waals surface area contributed by atoms with Crippen LogP contribution in [0.1, 0.15) is 10.4 Å². The number of rotatable bonds is 3. The molecule has 3 rings (SSSR count). The molecule has 0 spiro atoms. The molecule has 0 N–H and O–H groups in total. The van der Waals surface area contributed by atoms with Crippen molar-refractivity contribution in [1.82, 2.24) is 9.78 Å². The Morgan fingerprint density at radius 1 is 1.00 bits per heavy atom. The van der Waals surface area contributed by atoms with Crippen molar-refractivity contribution in [2.75, 3.05) is 0 Å². The zero-order valence-electron chi connectivity index (χ0n) is 10.5. The van der Waals surface area contributed by atoms with Crippen molar-refractivity contribution in [3.05, 3.63) is 72.3 Å². The van der Waals surface area contributed by atoms with Crippen LogP contribution in [0, 0.1) is 5.82 Å². The minimum atomic E-state index is -0.547. The largest absolute Gasteiger partial charge is 0.298 e. The van der Waals surface area contributed by atoms with Crippen LogP contribution in [-0.4, -0.2) is 16.1 Å². The van der Waals surface area contributed by atoms with E-state index >= 15 is 0 Å². The average molecular weight is 266 g/mol.